The van der Waals surface area contributed by atoms with Crippen LogP contribution in [0.5, 0.6) is 5.75 Å². The molecule has 7 amide bonds. The molecule has 0 spiro atoms. The number of carbonyl (C=O) groups excluding carboxylic acids is 8. The molecule has 7 N–H and O–H groups in total. The zero-order valence-corrected chi connectivity index (χ0v) is 45.1. The molecule has 0 unspecified atom stereocenters. The molecule has 2 aromatic carbocycles. The number of urea groups is 1. The number of ether oxygens (including phenoxy) is 3. The summed E-state index contributed by atoms with van der Waals surface area (Å²) in [5.41, 5.74) is 7.67. The minimum atomic E-state index is -1.95. The summed E-state index contributed by atoms with van der Waals surface area (Å²) in [5.74, 6) is -2.77. The van der Waals surface area contributed by atoms with Gasteiger partial charge in [-0.3, -0.25) is 28.9 Å². The molecule has 414 valence electrons. The Morgan fingerprint density at radius 1 is 0.883 bits per heavy atom. The van der Waals surface area contributed by atoms with E-state index in [1.165, 1.54) is 23.9 Å². The Hall–Kier alpha value is -7.92. The third-order valence-corrected chi connectivity index (χ3v) is 13.7. The summed E-state index contributed by atoms with van der Waals surface area (Å²) in [6, 6.07) is 10.4. The van der Waals surface area contributed by atoms with Crippen molar-refractivity contribution in [3.8, 4) is 17.1 Å². The van der Waals surface area contributed by atoms with E-state index in [2.05, 4.69) is 21.3 Å². The number of aryl methyl sites for hydroxylation is 1. The number of cyclic esters (lactones) is 1. The second kappa shape index (κ2) is 25.3. The maximum absolute atomic E-state index is 13.7. The fourth-order valence-electron chi connectivity index (χ4n) is 8.99. The standard InChI is InChI=1S/C54H70N10O13/c1-10-35-36-23-34(18-19-40(36)58-46-37(35)25-64-42(46)24-39-38(49(64)69)29-75-50(70)54(39,74)11-2)77-53(73)63(9)22-21-62(8)52(72)76-28-32-14-16-33(17-15-32)57-47(67)41(13-12-20-56-51(55)71)59-48(68)45(31(5)6)60-44(66)27-61(7)26-43(65)30(3)4/h14-19,23-24,30-31,41,45,74H,10-13,20-22,25-29H2,1-9H3,(H,57,67)(H,59,68)(H,60,66)(H3,55,56,71)/t41-,45-,54-/m0/s1. The predicted octanol–water partition coefficient (Wildman–Crippen LogP) is 3.51. The molecule has 2 aliphatic rings. The number of nitrogens with zero attached hydrogens (tertiary/aromatic N) is 5. The molecule has 2 aliphatic heterocycles. The molecular weight excluding hydrogens is 997 g/mol. The van der Waals surface area contributed by atoms with Gasteiger partial charge in [0.1, 0.15) is 36.8 Å². The number of anilines is 1. The van der Waals surface area contributed by atoms with Gasteiger partial charge in [0.2, 0.25) is 17.7 Å². The fourth-order valence-corrected chi connectivity index (χ4v) is 8.99. The molecule has 4 aromatic rings. The highest BCUT2D eigenvalue weighted by molar-refractivity contribution is 5.99. The van der Waals surface area contributed by atoms with Crippen LogP contribution in [0.2, 0.25) is 0 Å². The van der Waals surface area contributed by atoms with Crippen LogP contribution in [0, 0.1) is 11.8 Å². The number of carbonyl (C=O) groups is 8. The number of hydrogen-bond donors (Lipinski definition) is 6. The Morgan fingerprint density at radius 3 is 2.21 bits per heavy atom. The molecule has 23 heteroatoms. The Kier molecular flexibility index (Phi) is 19.2. The quantitative estimate of drug-likeness (QED) is 0.0403. The predicted molar refractivity (Wildman–Crippen MR) is 283 cm³/mol. The van der Waals surface area contributed by atoms with Gasteiger partial charge in [-0.1, -0.05) is 53.7 Å². The second-order valence-corrected chi connectivity index (χ2v) is 20.1. The largest absolute Gasteiger partial charge is 0.458 e. The van der Waals surface area contributed by atoms with Gasteiger partial charge in [0, 0.05) is 61.8 Å². The number of aromatic nitrogens is 2. The third-order valence-electron chi connectivity index (χ3n) is 13.7. The van der Waals surface area contributed by atoms with Crippen molar-refractivity contribution in [2.24, 2.45) is 17.6 Å². The highest BCUT2D eigenvalue weighted by Crippen LogP contribution is 2.41. The molecule has 0 fully saturated rings. The molecule has 0 aliphatic carbocycles. The molecule has 0 radical (unpaired) electrons. The molecule has 6 rings (SSSR count). The summed E-state index contributed by atoms with van der Waals surface area (Å²) in [6.07, 6.45) is -0.357. The van der Waals surface area contributed by atoms with Gasteiger partial charge >= 0.3 is 24.2 Å². The van der Waals surface area contributed by atoms with Gasteiger partial charge < -0.3 is 60.7 Å². The van der Waals surface area contributed by atoms with E-state index in [0.29, 0.717) is 34.6 Å². The normalized spacial score (nSPS) is 15.2. The van der Waals surface area contributed by atoms with E-state index in [9.17, 15) is 48.3 Å². The topological polar surface area (TPSA) is 303 Å². The zero-order chi connectivity index (χ0) is 56.5. The number of pyridine rings is 2. The smallest absolute Gasteiger partial charge is 0.415 e. The van der Waals surface area contributed by atoms with Crippen molar-refractivity contribution in [3.63, 3.8) is 0 Å². The van der Waals surface area contributed by atoms with Crippen LogP contribution >= 0.6 is 0 Å². The Bertz CT molecular complexity index is 2980. The monoisotopic (exact) mass is 1070 g/mol. The Balaban J connectivity index is 1.00. The molecule has 0 saturated carbocycles. The lowest BCUT2D eigenvalue weighted by Gasteiger charge is -2.31. The molecule has 2 aromatic heterocycles. The van der Waals surface area contributed by atoms with Crippen LogP contribution in [0.3, 0.4) is 0 Å². The molecule has 0 bridgehead atoms. The van der Waals surface area contributed by atoms with Crippen LogP contribution < -0.4 is 37.3 Å². The van der Waals surface area contributed by atoms with Gasteiger partial charge in [-0.25, -0.2) is 24.2 Å². The van der Waals surface area contributed by atoms with Gasteiger partial charge in [0.05, 0.1) is 42.1 Å². The van der Waals surface area contributed by atoms with E-state index < -0.39 is 59.6 Å². The first-order valence-corrected chi connectivity index (χ1v) is 25.6. The van der Waals surface area contributed by atoms with Crippen LogP contribution in [-0.2, 0) is 65.2 Å². The van der Waals surface area contributed by atoms with E-state index >= 15 is 0 Å². The van der Waals surface area contributed by atoms with Crippen LogP contribution in [0.4, 0.5) is 20.1 Å². The van der Waals surface area contributed by atoms with Gasteiger partial charge in [0.25, 0.3) is 5.56 Å². The zero-order valence-electron chi connectivity index (χ0n) is 45.1. The van der Waals surface area contributed by atoms with Crippen molar-refractivity contribution >= 4 is 64.3 Å². The van der Waals surface area contributed by atoms with E-state index in [1.54, 1.807) is 99.7 Å². The minimum Gasteiger partial charge on any atom is -0.458 e. The number of likely N-dealkylation sites (N-methyl/N-ethyl adjacent to an activating group) is 3. The van der Waals surface area contributed by atoms with E-state index in [4.69, 9.17) is 24.9 Å². The number of nitrogens with two attached hydrogens (primary N) is 1. The second-order valence-electron chi connectivity index (χ2n) is 20.1. The number of rotatable bonds is 23. The maximum Gasteiger partial charge on any atom is 0.415 e. The number of benzene rings is 2. The fraction of sp³-hybridized carbons (Fsp3) is 0.481. The summed E-state index contributed by atoms with van der Waals surface area (Å²) in [7, 11) is 4.68. The number of primary amides is 1. The molecular formula is C54H70N10O13. The molecule has 23 nitrogen and oxygen atoms in total. The minimum absolute atomic E-state index is 0.0270. The first-order valence-electron chi connectivity index (χ1n) is 25.6. The lowest BCUT2D eigenvalue weighted by Crippen LogP contribution is -2.55. The number of nitrogens with one attached hydrogen (secondary N) is 4. The summed E-state index contributed by atoms with van der Waals surface area (Å²) in [5, 5.41) is 22.7. The van der Waals surface area contributed by atoms with Crippen LogP contribution in [0.1, 0.15) is 88.6 Å². The van der Waals surface area contributed by atoms with Gasteiger partial charge in [-0.15, -0.1) is 0 Å². The first kappa shape index (κ1) is 58.3. The Morgan fingerprint density at radius 2 is 1.57 bits per heavy atom. The van der Waals surface area contributed by atoms with Crippen molar-refractivity contribution in [1.82, 2.24) is 40.2 Å². The summed E-state index contributed by atoms with van der Waals surface area (Å²) < 4.78 is 18.0. The summed E-state index contributed by atoms with van der Waals surface area (Å²) >= 11 is 0. The van der Waals surface area contributed by atoms with Crippen molar-refractivity contribution < 1.29 is 57.7 Å². The maximum atomic E-state index is 13.7. The number of ketones is 1. The third kappa shape index (κ3) is 13.9. The lowest BCUT2D eigenvalue weighted by atomic mass is 9.86. The number of amides is 7. The molecule has 3 atom stereocenters. The number of aliphatic hydroxyl groups is 1. The van der Waals surface area contributed by atoms with Crippen LogP contribution in [0.25, 0.3) is 22.3 Å². The first-order chi connectivity index (χ1) is 36.4. The highest BCUT2D eigenvalue weighted by atomic mass is 16.6. The van der Waals surface area contributed by atoms with Crippen molar-refractivity contribution in [2.45, 2.75) is 105 Å². The van der Waals surface area contributed by atoms with Gasteiger partial charge in [-0.2, -0.15) is 0 Å². The molecule has 77 heavy (non-hydrogen) atoms. The Labute approximate surface area is 446 Å². The SMILES string of the molecule is CCc1c2c(nc3ccc(OC(=O)N(C)CCN(C)C(=O)OCc4ccc(NC(=O)[C@H](CCCNC(N)=O)NC(=O)[C@@H](NC(=O)CN(C)CC(=O)C(C)C)C(C)C)cc4)cc13)-c1cc3c(c(=O)n1C2)COC(=O)[C@]3(O)CC. The average Bonchev–Trinajstić information content (AvgIpc) is 3.80. The summed E-state index contributed by atoms with van der Waals surface area (Å²) in [4.78, 5) is 125. The van der Waals surface area contributed by atoms with E-state index in [1.807, 2.05) is 6.92 Å². The molecule has 0 saturated heterocycles. The number of Topliss-reactive ketones (excluding diaryl/α,β-unsaturated/α-hetero) is 1. The summed E-state index contributed by atoms with van der Waals surface area (Å²) in [6.45, 7) is 10.8. The average molecular weight is 1070 g/mol. The van der Waals surface area contributed by atoms with Crippen LogP contribution in [0.15, 0.2) is 53.3 Å². The number of esters is 1. The van der Waals surface area contributed by atoms with Gasteiger partial charge in [-0.05, 0) is 86.2 Å². The van der Waals surface area contributed by atoms with E-state index in [0.717, 1.165) is 16.5 Å². The van der Waals surface area contributed by atoms with Crippen molar-refractivity contribution in [3.05, 3.63) is 86.7 Å². The molecule has 4 heterocycles. The van der Waals surface area contributed by atoms with Crippen molar-refractivity contribution in [1.29, 1.82) is 0 Å². The highest BCUT2D eigenvalue weighted by Gasteiger charge is 2.45. The number of fused-ring (bicyclic) bond motifs is 5. The number of hydrogen-bond acceptors (Lipinski definition) is 15. The van der Waals surface area contributed by atoms with Gasteiger partial charge in [0.15, 0.2) is 5.60 Å². The van der Waals surface area contributed by atoms with E-state index in [-0.39, 0.29) is 112 Å². The van der Waals surface area contributed by atoms with Crippen LogP contribution in [-0.4, -0.2) is 143 Å². The van der Waals surface area contributed by atoms with Crippen molar-refractivity contribution in [2.75, 3.05) is 59.2 Å². The lowest BCUT2D eigenvalue weighted by molar-refractivity contribution is -0.172.